The van der Waals surface area contributed by atoms with Crippen LogP contribution in [0.5, 0.6) is 5.88 Å². The zero-order chi connectivity index (χ0) is 27.7. The quantitative estimate of drug-likeness (QED) is 0.414. The Balaban J connectivity index is 1.57. The number of hydrogen-bond acceptors (Lipinski definition) is 5. The van der Waals surface area contributed by atoms with Gasteiger partial charge in [-0.2, -0.15) is 13.2 Å². The van der Waals surface area contributed by atoms with Crippen LogP contribution in [0.3, 0.4) is 0 Å². The zero-order valence-electron chi connectivity index (χ0n) is 21.0. The second-order valence-electron chi connectivity index (χ2n) is 9.07. The summed E-state index contributed by atoms with van der Waals surface area (Å²) >= 11 is 0. The molecule has 1 saturated heterocycles. The van der Waals surface area contributed by atoms with E-state index in [0.717, 1.165) is 0 Å². The Labute approximate surface area is 215 Å². The number of methoxy groups -OCH3 is 1. The third kappa shape index (κ3) is 5.82. The van der Waals surface area contributed by atoms with E-state index in [-0.39, 0.29) is 6.54 Å². The summed E-state index contributed by atoms with van der Waals surface area (Å²) in [5.74, 6) is -2.99. The topological polar surface area (TPSA) is 81.0 Å². The van der Waals surface area contributed by atoms with Gasteiger partial charge in [-0.15, -0.1) is 0 Å². The maximum absolute atomic E-state index is 13.8. The van der Waals surface area contributed by atoms with Crippen LogP contribution in [0.25, 0.3) is 16.9 Å². The maximum atomic E-state index is 13.8. The van der Waals surface area contributed by atoms with Crippen LogP contribution in [0.15, 0.2) is 42.9 Å². The summed E-state index contributed by atoms with van der Waals surface area (Å²) in [6.07, 6.45) is -3.56. The number of carbonyl (C=O) groups is 1. The van der Waals surface area contributed by atoms with Crippen LogP contribution < -0.4 is 10.1 Å². The number of amides is 2. The molecule has 0 saturated carbocycles. The highest BCUT2D eigenvalue weighted by Crippen LogP contribution is 2.36. The van der Waals surface area contributed by atoms with Gasteiger partial charge in [-0.3, -0.25) is 0 Å². The fraction of sp³-hybridized carbons (Fsp3) is 0.480. The Kier molecular flexibility index (Phi) is 7.77. The van der Waals surface area contributed by atoms with Crippen molar-refractivity contribution in [3.05, 3.63) is 48.4 Å². The molecule has 2 amide bonds. The molecule has 1 fully saturated rings. The normalized spacial score (nSPS) is 19.1. The second-order valence-corrected chi connectivity index (χ2v) is 9.07. The number of imidazole rings is 1. The number of halogens is 5. The lowest BCUT2D eigenvalue weighted by molar-refractivity contribution is -0.209. The summed E-state index contributed by atoms with van der Waals surface area (Å²) < 4.78 is 81.2. The van der Waals surface area contributed by atoms with Gasteiger partial charge in [0.2, 0.25) is 0 Å². The first kappa shape index (κ1) is 27.6. The van der Waals surface area contributed by atoms with Crippen molar-refractivity contribution in [1.82, 2.24) is 24.6 Å². The second kappa shape index (κ2) is 10.7. The number of urea groups is 1. The van der Waals surface area contributed by atoms with Crippen molar-refractivity contribution in [3.8, 4) is 17.1 Å². The molecule has 1 N–H and O–H groups in total. The molecular weight excluding hydrogens is 513 g/mol. The Morgan fingerprint density at radius 1 is 1.37 bits per heavy atom. The predicted octanol–water partition coefficient (Wildman–Crippen LogP) is 5.24. The van der Waals surface area contributed by atoms with Gasteiger partial charge in [-0.1, -0.05) is 18.2 Å². The van der Waals surface area contributed by atoms with Gasteiger partial charge in [-0.25, -0.2) is 23.5 Å². The summed E-state index contributed by atoms with van der Waals surface area (Å²) in [6, 6.07) is 2.80. The summed E-state index contributed by atoms with van der Waals surface area (Å²) in [4.78, 5) is 22.9. The Morgan fingerprint density at radius 2 is 2.13 bits per heavy atom. The molecule has 3 heterocycles. The Morgan fingerprint density at radius 3 is 2.79 bits per heavy atom. The minimum Gasteiger partial charge on any atom is -0.478 e. The van der Waals surface area contributed by atoms with E-state index < -0.39 is 55.8 Å². The Hall–Kier alpha value is -3.48. The third-order valence-electron chi connectivity index (χ3n) is 6.57. The van der Waals surface area contributed by atoms with Gasteiger partial charge in [0, 0.05) is 43.5 Å². The number of nitrogens with one attached hydrogen (secondary N) is 1. The standard InChI is InChI=1S/C25H28F5N5O3/c1-4-35(23(36)33-20(25(28,29)30)19-13-24(26,27)8-11-38-19)15(2)16-6-5-7-17(12-16)18-14-34-10-9-31-21(34)22(32-18)37-3/h5-7,9-10,12,14-15,19-20H,4,8,11,13H2,1-3H3,(H,33,36)/t15-,19?,20?/m1/s1. The number of aromatic nitrogens is 3. The molecule has 0 bridgehead atoms. The molecule has 1 aromatic carbocycles. The van der Waals surface area contributed by atoms with Gasteiger partial charge in [0.15, 0.2) is 11.7 Å². The van der Waals surface area contributed by atoms with E-state index >= 15 is 0 Å². The van der Waals surface area contributed by atoms with Crippen molar-refractivity contribution in [2.45, 2.75) is 57.0 Å². The number of fused-ring (bicyclic) bond motifs is 1. The van der Waals surface area contributed by atoms with Crippen molar-refractivity contribution in [2.24, 2.45) is 0 Å². The van der Waals surface area contributed by atoms with Crippen molar-refractivity contribution in [3.63, 3.8) is 0 Å². The highest BCUT2D eigenvalue weighted by Gasteiger charge is 2.51. The number of carbonyl (C=O) groups excluding carboxylic acids is 1. The van der Waals surface area contributed by atoms with Gasteiger partial charge in [0.1, 0.15) is 0 Å². The predicted molar refractivity (Wildman–Crippen MR) is 128 cm³/mol. The van der Waals surface area contributed by atoms with Gasteiger partial charge in [0.05, 0.1) is 31.6 Å². The van der Waals surface area contributed by atoms with Crippen molar-refractivity contribution < 1.29 is 36.2 Å². The number of hydrogen-bond donors (Lipinski definition) is 1. The molecule has 0 spiro atoms. The third-order valence-corrected chi connectivity index (χ3v) is 6.57. The van der Waals surface area contributed by atoms with Crippen LogP contribution in [-0.4, -0.2) is 69.8 Å². The maximum Gasteiger partial charge on any atom is 0.411 e. The van der Waals surface area contributed by atoms with E-state index in [1.807, 2.05) is 5.32 Å². The van der Waals surface area contributed by atoms with Crippen molar-refractivity contribution >= 4 is 11.7 Å². The largest absolute Gasteiger partial charge is 0.478 e. The lowest BCUT2D eigenvalue weighted by Crippen LogP contribution is -2.59. The molecular formula is C25H28F5N5O3. The first-order valence-corrected chi connectivity index (χ1v) is 12.0. The average molecular weight is 542 g/mol. The molecule has 13 heteroatoms. The van der Waals surface area contributed by atoms with Crippen LogP contribution in [0, 0.1) is 0 Å². The molecule has 4 rings (SSSR count). The van der Waals surface area contributed by atoms with E-state index in [1.54, 1.807) is 61.1 Å². The van der Waals surface area contributed by atoms with Crippen molar-refractivity contribution in [1.29, 1.82) is 0 Å². The van der Waals surface area contributed by atoms with Crippen molar-refractivity contribution in [2.75, 3.05) is 20.3 Å². The van der Waals surface area contributed by atoms with Gasteiger partial charge < -0.3 is 24.1 Å². The number of alkyl halides is 5. The molecule has 206 valence electrons. The van der Waals surface area contributed by atoms with E-state index in [1.165, 1.54) is 12.0 Å². The molecule has 0 radical (unpaired) electrons. The van der Waals surface area contributed by atoms with Gasteiger partial charge >= 0.3 is 12.2 Å². The molecule has 0 aliphatic carbocycles. The van der Waals surface area contributed by atoms with Crippen LogP contribution in [0.4, 0.5) is 26.7 Å². The van der Waals surface area contributed by atoms with Crippen LogP contribution in [0.2, 0.25) is 0 Å². The monoisotopic (exact) mass is 541 g/mol. The molecule has 3 aromatic rings. The van der Waals surface area contributed by atoms with Gasteiger partial charge in [-0.05, 0) is 25.5 Å². The summed E-state index contributed by atoms with van der Waals surface area (Å²) in [6.45, 7) is 2.83. The zero-order valence-corrected chi connectivity index (χ0v) is 21.0. The number of ether oxygens (including phenoxy) is 2. The Bertz CT molecular complexity index is 1280. The number of benzene rings is 1. The van der Waals surface area contributed by atoms with Crippen LogP contribution in [0.1, 0.15) is 38.3 Å². The summed E-state index contributed by atoms with van der Waals surface area (Å²) in [5.41, 5.74) is 2.41. The lowest BCUT2D eigenvalue weighted by atomic mass is 9.98. The first-order valence-electron chi connectivity index (χ1n) is 12.0. The number of nitrogens with zero attached hydrogens (tertiary/aromatic N) is 4. The minimum absolute atomic E-state index is 0.0660. The van der Waals surface area contributed by atoms with Crippen LogP contribution in [-0.2, 0) is 4.74 Å². The summed E-state index contributed by atoms with van der Waals surface area (Å²) in [5, 5.41) is 1.91. The molecule has 8 nitrogen and oxygen atoms in total. The first-order chi connectivity index (χ1) is 17.9. The van der Waals surface area contributed by atoms with E-state index in [0.29, 0.717) is 28.3 Å². The fourth-order valence-electron chi connectivity index (χ4n) is 4.54. The molecule has 2 unspecified atom stereocenters. The van der Waals surface area contributed by atoms with Crippen LogP contribution >= 0.6 is 0 Å². The van der Waals surface area contributed by atoms with E-state index in [9.17, 15) is 26.7 Å². The molecule has 2 aromatic heterocycles. The highest BCUT2D eigenvalue weighted by molar-refractivity contribution is 5.75. The molecule has 38 heavy (non-hydrogen) atoms. The average Bonchev–Trinajstić information content (AvgIpc) is 3.34. The smallest absolute Gasteiger partial charge is 0.411 e. The SMILES string of the molecule is CCN(C(=O)NC(C1CC(F)(F)CCO1)C(F)(F)F)[C@H](C)c1cccc(-c2cn3ccnc3c(OC)n2)c1. The highest BCUT2D eigenvalue weighted by atomic mass is 19.4. The minimum atomic E-state index is -4.98. The lowest BCUT2D eigenvalue weighted by Gasteiger charge is -2.37. The van der Waals surface area contributed by atoms with E-state index in [2.05, 4.69) is 9.97 Å². The molecule has 1 aliphatic rings. The van der Waals surface area contributed by atoms with Gasteiger partial charge in [0.25, 0.3) is 11.8 Å². The molecule has 1 aliphatic heterocycles. The number of rotatable bonds is 7. The summed E-state index contributed by atoms with van der Waals surface area (Å²) in [7, 11) is 1.48. The molecule has 3 atom stereocenters. The fourth-order valence-corrected chi connectivity index (χ4v) is 4.54. The van der Waals surface area contributed by atoms with E-state index in [4.69, 9.17) is 9.47 Å².